The van der Waals surface area contributed by atoms with Crippen LogP contribution in [-0.4, -0.2) is 25.6 Å². The summed E-state index contributed by atoms with van der Waals surface area (Å²) in [7, 11) is 0. The lowest BCUT2D eigenvalue weighted by Crippen LogP contribution is -2.30. The van der Waals surface area contributed by atoms with Gasteiger partial charge in [-0.15, -0.1) is 0 Å². The minimum absolute atomic E-state index is 0.0215. The Kier molecular flexibility index (Phi) is 3.75. The Morgan fingerprint density at radius 3 is 2.89 bits per heavy atom. The fraction of sp³-hybridized carbons (Fsp3) is 0.500. The average Bonchev–Trinajstić information content (AvgIpc) is 2.49. The number of hydrogen-bond acceptors (Lipinski definition) is 3. The molecule has 0 aliphatic carbocycles. The molecule has 0 saturated carbocycles. The fourth-order valence-corrected chi connectivity index (χ4v) is 2.24. The first-order valence-electron chi connectivity index (χ1n) is 6.49. The number of carbonyl (C=O) groups excluding carboxylic acids is 1. The molecule has 18 heavy (non-hydrogen) atoms. The van der Waals surface area contributed by atoms with E-state index < -0.39 is 0 Å². The van der Waals surface area contributed by atoms with Crippen molar-refractivity contribution in [3.63, 3.8) is 0 Å². The lowest BCUT2D eigenvalue weighted by atomic mass is 10.1. The molecule has 1 amide bonds. The van der Waals surface area contributed by atoms with Crippen LogP contribution in [0.3, 0.4) is 0 Å². The molecule has 1 aromatic carbocycles. The number of anilines is 2. The summed E-state index contributed by atoms with van der Waals surface area (Å²) < 4.78 is 5.59. The molecule has 0 bridgehead atoms. The zero-order valence-electron chi connectivity index (χ0n) is 11.2. The summed E-state index contributed by atoms with van der Waals surface area (Å²) in [5.74, 6) is 0.780. The Balaban J connectivity index is 2.47. The second-order valence-electron chi connectivity index (χ2n) is 4.51. The van der Waals surface area contributed by atoms with E-state index in [9.17, 15) is 4.79 Å². The van der Waals surface area contributed by atoms with Crippen LogP contribution in [0.15, 0.2) is 18.2 Å². The predicted octanol–water partition coefficient (Wildman–Crippen LogP) is 2.50. The van der Waals surface area contributed by atoms with E-state index in [1.165, 1.54) is 0 Å². The van der Waals surface area contributed by atoms with E-state index in [1.54, 1.807) is 0 Å². The van der Waals surface area contributed by atoms with E-state index >= 15 is 0 Å². The number of nitrogens with zero attached hydrogens (tertiary/aromatic N) is 1. The number of carbonyl (C=O) groups is 1. The minimum Gasteiger partial charge on any atom is -0.492 e. The SMILES string of the molecule is CCOc1cccc2c1NC(=O)C(C)CN2CC. The van der Waals surface area contributed by atoms with Crippen LogP contribution in [0.5, 0.6) is 5.75 Å². The highest BCUT2D eigenvalue weighted by Crippen LogP contribution is 2.37. The van der Waals surface area contributed by atoms with Crippen LogP contribution in [0.2, 0.25) is 0 Å². The summed E-state index contributed by atoms with van der Waals surface area (Å²) in [6.07, 6.45) is 0. The lowest BCUT2D eigenvalue weighted by molar-refractivity contribution is -0.119. The normalized spacial score (nSPS) is 18.9. The number of amides is 1. The number of rotatable bonds is 3. The average molecular weight is 248 g/mol. The molecule has 1 atom stereocenters. The van der Waals surface area contributed by atoms with Gasteiger partial charge in [0.1, 0.15) is 11.4 Å². The van der Waals surface area contributed by atoms with Crippen LogP contribution in [-0.2, 0) is 4.79 Å². The maximum Gasteiger partial charge on any atom is 0.229 e. The number of nitrogens with one attached hydrogen (secondary N) is 1. The molecular formula is C14H20N2O2. The van der Waals surface area contributed by atoms with Gasteiger partial charge in [-0.3, -0.25) is 4.79 Å². The van der Waals surface area contributed by atoms with Gasteiger partial charge in [-0.25, -0.2) is 0 Å². The molecule has 4 nitrogen and oxygen atoms in total. The third kappa shape index (κ3) is 2.28. The first kappa shape index (κ1) is 12.7. The molecule has 1 unspecified atom stereocenters. The summed E-state index contributed by atoms with van der Waals surface area (Å²) in [5.41, 5.74) is 1.84. The summed E-state index contributed by atoms with van der Waals surface area (Å²) in [6.45, 7) is 8.20. The summed E-state index contributed by atoms with van der Waals surface area (Å²) >= 11 is 0. The standard InChI is InChI=1S/C14H20N2O2/c1-4-16-9-10(3)14(17)15-13-11(16)7-6-8-12(13)18-5-2/h6-8,10H,4-5,9H2,1-3H3,(H,15,17). The highest BCUT2D eigenvalue weighted by molar-refractivity contribution is 5.99. The van der Waals surface area contributed by atoms with Gasteiger partial charge in [0.05, 0.1) is 18.2 Å². The predicted molar refractivity (Wildman–Crippen MR) is 73.3 cm³/mol. The van der Waals surface area contributed by atoms with Crippen molar-refractivity contribution in [2.75, 3.05) is 29.9 Å². The number of hydrogen-bond donors (Lipinski definition) is 1. The van der Waals surface area contributed by atoms with Crippen LogP contribution in [0.1, 0.15) is 20.8 Å². The highest BCUT2D eigenvalue weighted by Gasteiger charge is 2.26. The third-order valence-corrected chi connectivity index (χ3v) is 3.22. The summed E-state index contributed by atoms with van der Waals surface area (Å²) in [4.78, 5) is 14.2. The molecule has 1 N–H and O–H groups in total. The Bertz CT molecular complexity index is 445. The fourth-order valence-electron chi connectivity index (χ4n) is 2.24. The van der Waals surface area contributed by atoms with Gasteiger partial charge in [0, 0.05) is 13.1 Å². The maximum absolute atomic E-state index is 12.0. The summed E-state index contributed by atoms with van der Waals surface area (Å²) in [5, 5.41) is 2.98. The van der Waals surface area contributed by atoms with E-state index in [-0.39, 0.29) is 11.8 Å². The van der Waals surface area contributed by atoms with Gasteiger partial charge in [-0.1, -0.05) is 13.0 Å². The van der Waals surface area contributed by atoms with Crippen LogP contribution in [0.25, 0.3) is 0 Å². The number of fused-ring (bicyclic) bond motifs is 1. The highest BCUT2D eigenvalue weighted by atomic mass is 16.5. The van der Waals surface area contributed by atoms with Crippen molar-refractivity contribution in [3.05, 3.63) is 18.2 Å². The van der Waals surface area contributed by atoms with Gasteiger partial charge in [-0.05, 0) is 26.0 Å². The molecular weight excluding hydrogens is 228 g/mol. The van der Waals surface area contributed by atoms with Crippen LogP contribution in [0, 0.1) is 5.92 Å². The van der Waals surface area contributed by atoms with Crippen molar-refractivity contribution in [1.82, 2.24) is 0 Å². The van der Waals surface area contributed by atoms with E-state index in [0.29, 0.717) is 6.61 Å². The van der Waals surface area contributed by atoms with Gasteiger partial charge >= 0.3 is 0 Å². The Morgan fingerprint density at radius 1 is 1.44 bits per heavy atom. The zero-order valence-corrected chi connectivity index (χ0v) is 11.2. The number of para-hydroxylation sites is 1. The molecule has 1 aromatic rings. The third-order valence-electron chi connectivity index (χ3n) is 3.22. The largest absolute Gasteiger partial charge is 0.492 e. The molecule has 98 valence electrons. The second kappa shape index (κ2) is 5.29. The second-order valence-corrected chi connectivity index (χ2v) is 4.51. The Hall–Kier alpha value is -1.71. The molecule has 0 fully saturated rings. The molecule has 2 rings (SSSR count). The number of benzene rings is 1. The molecule has 0 saturated heterocycles. The van der Waals surface area contributed by atoms with Crippen molar-refractivity contribution in [1.29, 1.82) is 0 Å². The lowest BCUT2D eigenvalue weighted by Gasteiger charge is -2.24. The molecule has 1 heterocycles. The first-order valence-corrected chi connectivity index (χ1v) is 6.49. The van der Waals surface area contributed by atoms with E-state index in [2.05, 4.69) is 17.1 Å². The maximum atomic E-state index is 12.0. The van der Waals surface area contributed by atoms with Crippen molar-refractivity contribution in [3.8, 4) is 5.75 Å². The topological polar surface area (TPSA) is 41.6 Å². The van der Waals surface area contributed by atoms with Crippen molar-refractivity contribution in [2.24, 2.45) is 5.92 Å². The zero-order chi connectivity index (χ0) is 13.1. The first-order chi connectivity index (χ1) is 8.67. The van der Waals surface area contributed by atoms with Gasteiger partial charge in [0.2, 0.25) is 5.91 Å². The quantitative estimate of drug-likeness (QED) is 0.893. The van der Waals surface area contributed by atoms with Gasteiger partial charge in [0.15, 0.2) is 0 Å². The summed E-state index contributed by atoms with van der Waals surface area (Å²) in [6, 6.07) is 5.89. The minimum atomic E-state index is -0.0215. The van der Waals surface area contributed by atoms with Crippen LogP contribution < -0.4 is 15.0 Å². The van der Waals surface area contributed by atoms with Crippen LogP contribution in [0.4, 0.5) is 11.4 Å². The molecule has 4 heteroatoms. The van der Waals surface area contributed by atoms with Gasteiger partial charge in [-0.2, -0.15) is 0 Å². The van der Waals surface area contributed by atoms with Crippen molar-refractivity contribution in [2.45, 2.75) is 20.8 Å². The molecule has 0 spiro atoms. The van der Waals surface area contributed by atoms with Gasteiger partial charge < -0.3 is 15.0 Å². The smallest absolute Gasteiger partial charge is 0.229 e. The van der Waals surface area contributed by atoms with Crippen molar-refractivity contribution < 1.29 is 9.53 Å². The Morgan fingerprint density at radius 2 is 2.22 bits per heavy atom. The van der Waals surface area contributed by atoms with E-state index in [4.69, 9.17) is 4.74 Å². The monoisotopic (exact) mass is 248 g/mol. The molecule has 1 aliphatic heterocycles. The van der Waals surface area contributed by atoms with Crippen molar-refractivity contribution >= 4 is 17.3 Å². The number of ether oxygens (including phenoxy) is 1. The van der Waals surface area contributed by atoms with Crippen LogP contribution >= 0.6 is 0 Å². The Labute approximate surface area is 108 Å². The molecule has 1 aliphatic rings. The van der Waals surface area contributed by atoms with E-state index in [1.807, 2.05) is 32.0 Å². The van der Waals surface area contributed by atoms with E-state index in [0.717, 1.165) is 30.2 Å². The van der Waals surface area contributed by atoms with Gasteiger partial charge in [0.25, 0.3) is 0 Å². The molecule has 0 radical (unpaired) electrons. The molecule has 0 aromatic heterocycles.